The lowest BCUT2D eigenvalue weighted by Gasteiger charge is -2.02. The monoisotopic (exact) mass is 249 g/mol. The molecule has 0 saturated carbocycles. The molecule has 1 aromatic carbocycles. The number of carbonyl (C=O) groups is 1. The average molecular weight is 250 g/mol. The van der Waals surface area contributed by atoms with Gasteiger partial charge in [-0.1, -0.05) is 23.7 Å². The van der Waals surface area contributed by atoms with E-state index < -0.39 is 11.5 Å². The first-order valence-corrected chi connectivity index (χ1v) is 5.17. The van der Waals surface area contributed by atoms with Gasteiger partial charge in [-0.05, 0) is 29.3 Å². The van der Waals surface area contributed by atoms with E-state index in [4.69, 9.17) is 16.7 Å². The molecule has 0 bridgehead atoms. The van der Waals surface area contributed by atoms with Crippen molar-refractivity contribution in [1.29, 1.82) is 0 Å². The topological polar surface area (TPSA) is 70.2 Å². The highest BCUT2D eigenvalue weighted by atomic mass is 35.5. The van der Waals surface area contributed by atoms with Crippen molar-refractivity contribution in [2.24, 2.45) is 0 Å². The number of carboxylic acid groups (broad SMARTS) is 1. The van der Waals surface area contributed by atoms with E-state index in [9.17, 15) is 9.59 Å². The molecule has 0 aliphatic heterocycles. The zero-order valence-electron chi connectivity index (χ0n) is 8.61. The number of rotatable bonds is 2. The number of aromatic nitrogens is 1. The molecule has 2 aromatic rings. The fourth-order valence-electron chi connectivity index (χ4n) is 1.45. The Kier molecular flexibility index (Phi) is 2.97. The molecule has 0 saturated heterocycles. The van der Waals surface area contributed by atoms with Crippen LogP contribution in [0.25, 0.3) is 11.1 Å². The Labute approximate surface area is 101 Å². The summed E-state index contributed by atoms with van der Waals surface area (Å²) >= 11 is 5.75. The van der Waals surface area contributed by atoms with E-state index in [1.807, 2.05) is 0 Å². The largest absolute Gasteiger partial charge is 0.477 e. The SMILES string of the molecule is O=C(O)c1cc(-c2ccc(Cl)cc2)c[nH]c1=O. The number of pyridine rings is 1. The molecular formula is C12H8ClNO3. The van der Waals surface area contributed by atoms with Gasteiger partial charge in [-0.15, -0.1) is 0 Å². The van der Waals surface area contributed by atoms with Gasteiger partial charge < -0.3 is 10.1 Å². The molecule has 86 valence electrons. The van der Waals surface area contributed by atoms with E-state index in [1.54, 1.807) is 24.3 Å². The third-order valence-electron chi connectivity index (χ3n) is 2.31. The first-order valence-electron chi connectivity index (χ1n) is 4.80. The second-order valence-electron chi connectivity index (χ2n) is 3.44. The summed E-state index contributed by atoms with van der Waals surface area (Å²) in [5.41, 5.74) is 0.513. The highest BCUT2D eigenvalue weighted by molar-refractivity contribution is 6.30. The van der Waals surface area contributed by atoms with Crippen molar-refractivity contribution in [1.82, 2.24) is 4.98 Å². The highest BCUT2D eigenvalue weighted by Gasteiger charge is 2.10. The molecule has 1 aromatic heterocycles. The maximum atomic E-state index is 11.2. The second kappa shape index (κ2) is 4.43. The molecule has 4 nitrogen and oxygen atoms in total. The van der Waals surface area contributed by atoms with Gasteiger partial charge >= 0.3 is 5.97 Å². The number of carboxylic acids is 1. The van der Waals surface area contributed by atoms with Gasteiger partial charge in [-0.25, -0.2) is 4.79 Å². The van der Waals surface area contributed by atoms with Crippen LogP contribution >= 0.6 is 11.6 Å². The molecule has 5 heteroatoms. The summed E-state index contributed by atoms with van der Waals surface area (Å²) in [6, 6.07) is 8.23. The van der Waals surface area contributed by atoms with Crippen molar-refractivity contribution in [3.05, 3.63) is 57.5 Å². The standard InChI is InChI=1S/C12H8ClNO3/c13-9-3-1-7(2-4-9)8-5-10(12(16)17)11(15)14-6-8/h1-6H,(H,14,15)(H,16,17). The Morgan fingerprint density at radius 2 is 1.82 bits per heavy atom. The van der Waals surface area contributed by atoms with Crippen LogP contribution in [0.1, 0.15) is 10.4 Å². The van der Waals surface area contributed by atoms with E-state index in [1.165, 1.54) is 12.3 Å². The molecule has 0 amide bonds. The number of benzene rings is 1. The fraction of sp³-hybridized carbons (Fsp3) is 0. The van der Waals surface area contributed by atoms with E-state index in [0.717, 1.165) is 5.56 Å². The Morgan fingerprint density at radius 1 is 1.18 bits per heavy atom. The van der Waals surface area contributed by atoms with Crippen LogP contribution in [0.3, 0.4) is 0 Å². The summed E-state index contributed by atoms with van der Waals surface area (Å²) in [6.45, 7) is 0. The summed E-state index contributed by atoms with van der Waals surface area (Å²) in [5, 5.41) is 9.43. The van der Waals surface area contributed by atoms with Crippen molar-refractivity contribution < 1.29 is 9.90 Å². The summed E-state index contributed by atoms with van der Waals surface area (Å²) in [5.74, 6) is -1.25. The Hall–Kier alpha value is -2.07. The highest BCUT2D eigenvalue weighted by Crippen LogP contribution is 2.20. The minimum atomic E-state index is -1.25. The van der Waals surface area contributed by atoms with Crippen molar-refractivity contribution in [3.63, 3.8) is 0 Å². The zero-order valence-corrected chi connectivity index (χ0v) is 9.36. The van der Waals surface area contributed by atoms with E-state index in [2.05, 4.69) is 4.98 Å². The number of hydrogen-bond donors (Lipinski definition) is 2. The summed E-state index contributed by atoms with van der Waals surface area (Å²) in [4.78, 5) is 24.5. The Morgan fingerprint density at radius 3 is 2.41 bits per heavy atom. The maximum Gasteiger partial charge on any atom is 0.341 e. The van der Waals surface area contributed by atoms with Gasteiger partial charge in [0.1, 0.15) is 5.56 Å². The molecule has 0 fully saturated rings. The molecule has 0 unspecified atom stereocenters. The first kappa shape index (κ1) is 11.4. The van der Waals surface area contributed by atoms with Crippen LogP contribution < -0.4 is 5.56 Å². The second-order valence-corrected chi connectivity index (χ2v) is 3.88. The lowest BCUT2D eigenvalue weighted by Crippen LogP contribution is -2.16. The predicted octanol–water partition coefficient (Wildman–Crippen LogP) is 2.39. The third-order valence-corrected chi connectivity index (χ3v) is 2.56. The number of aromatic carboxylic acids is 1. The van der Waals surface area contributed by atoms with Crippen LogP contribution in [0.15, 0.2) is 41.3 Å². The lowest BCUT2D eigenvalue weighted by molar-refractivity contribution is 0.0695. The zero-order chi connectivity index (χ0) is 12.4. The Bertz CT molecular complexity index is 616. The van der Waals surface area contributed by atoms with Gasteiger partial charge in [-0.2, -0.15) is 0 Å². The van der Waals surface area contributed by atoms with Crippen LogP contribution in [-0.2, 0) is 0 Å². The van der Waals surface area contributed by atoms with Crippen molar-refractivity contribution >= 4 is 17.6 Å². The third kappa shape index (κ3) is 2.37. The van der Waals surface area contributed by atoms with Crippen LogP contribution in [0.4, 0.5) is 0 Å². The van der Waals surface area contributed by atoms with Gasteiger partial charge in [0, 0.05) is 11.2 Å². The van der Waals surface area contributed by atoms with Crippen LogP contribution in [0.2, 0.25) is 5.02 Å². The molecule has 0 spiro atoms. The molecule has 17 heavy (non-hydrogen) atoms. The predicted molar refractivity (Wildman–Crippen MR) is 64.5 cm³/mol. The normalized spacial score (nSPS) is 10.2. The molecular weight excluding hydrogens is 242 g/mol. The summed E-state index contributed by atoms with van der Waals surface area (Å²) in [7, 11) is 0. The van der Waals surface area contributed by atoms with Crippen molar-refractivity contribution in [2.75, 3.05) is 0 Å². The van der Waals surface area contributed by atoms with Crippen LogP contribution in [-0.4, -0.2) is 16.1 Å². The Balaban J connectivity index is 2.53. The van der Waals surface area contributed by atoms with Gasteiger partial charge in [-0.3, -0.25) is 4.79 Å². The van der Waals surface area contributed by atoms with Gasteiger partial charge in [0.05, 0.1) is 0 Å². The molecule has 2 rings (SSSR count). The van der Waals surface area contributed by atoms with Crippen molar-refractivity contribution in [2.45, 2.75) is 0 Å². The molecule has 0 aliphatic carbocycles. The number of hydrogen-bond acceptors (Lipinski definition) is 2. The molecule has 0 aliphatic rings. The summed E-state index contributed by atoms with van der Waals surface area (Å²) in [6.07, 6.45) is 1.47. The summed E-state index contributed by atoms with van der Waals surface area (Å²) < 4.78 is 0. The fourth-order valence-corrected chi connectivity index (χ4v) is 1.58. The number of nitrogens with one attached hydrogen (secondary N) is 1. The van der Waals surface area contributed by atoms with E-state index in [0.29, 0.717) is 10.6 Å². The average Bonchev–Trinajstić information content (AvgIpc) is 2.30. The van der Waals surface area contributed by atoms with Crippen molar-refractivity contribution in [3.8, 4) is 11.1 Å². The maximum absolute atomic E-state index is 11.2. The minimum Gasteiger partial charge on any atom is -0.477 e. The van der Waals surface area contributed by atoms with E-state index >= 15 is 0 Å². The number of aromatic amines is 1. The van der Waals surface area contributed by atoms with E-state index in [-0.39, 0.29) is 5.56 Å². The van der Waals surface area contributed by atoms with Gasteiger partial charge in [0.15, 0.2) is 0 Å². The molecule has 1 heterocycles. The number of halogens is 1. The number of H-pyrrole nitrogens is 1. The van der Waals surface area contributed by atoms with Gasteiger partial charge in [0.2, 0.25) is 0 Å². The molecule has 0 radical (unpaired) electrons. The van der Waals surface area contributed by atoms with Gasteiger partial charge in [0.25, 0.3) is 5.56 Å². The molecule has 0 atom stereocenters. The smallest absolute Gasteiger partial charge is 0.341 e. The van der Waals surface area contributed by atoms with Crippen LogP contribution in [0.5, 0.6) is 0 Å². The first-order chi connectivity index (χ1) is 8.08. The lowest BCUT2D eigenvalue weighted by atomic mass is 10.1. The molecule has 2 N–H and O–H groups in total. The minimum absolute atomic E-state index is 0.280. The quantitative estimate of drug-likeness (QED) is 0.859. The van der Waals surface area contributed by atoms with Crippen LogP contribution in [0, 0.1) is 0 Å².